The quantitative estimate of drug-likeness (QED) is 0.782. The predicted molar refractivity (Wildman–Crippen MR) is 80.0 cm³/mol. The Bertz CT molecular complexity index is 642. The van der Waals surface area contributed by atoms with E-state index in [2.05, 4.69) is 0 Å². The summed E-state index contributed by atoms with van der Waals surface area (Å²) in [4.78, 5) is 13.5. The largest absolute Gasteiger partial charge is 0.370 e. The first-order chi connectivity index (χ1) is 9.47. The lowest BCUT2D eigenvalue weighted by Crippen LogP contribution is -2.19. The molecule has 2 aromatic carbocycles. The summed E-state index contributed by atoms with van der Waals surface area (Å²) in [5.74, 6) is -0.562. The van der Waals surface area contributed by atoms with Gasteiger partial charge >= 0.3 is 0 Å². The molecule has 0 saturated carbocycles. The zero-order chi connectivity index (χ0) is 14.7. The molecular formula is C16H15ClFNO. The van der Waals surface area contributed by atoms with E-state index in [-0.39, 0.29) is 5.78 Å². The molecule has 0 radical (unpaired) electrons. The number of carbonyl (C=O) groups excluding carboxylic acids is 1. The fraction of sp³-hybridized carbons (Fsp3) is 0.188. The van der Waals surface area contributed by atoms with Crippen molar-refractivity contribution in [2.75, 3.05) is 11.9 Å². The highest BCUT2D eigenvalue weighted by Crippen LogP contribution is 2.23. The topological polar surface area (TPSA) is 20.3 Å². The molecule has 0 fully saturated rings. The average Bonchev–Trinajstić information content (AvgIpc) is 2.38. The van der Waals surface area contributed by atoms with Gasteiger partial charge in [0, 0.05) is 29.9 Å². The van der Waals surface area contributed by atoms with Crippen molar-refractivity contribution in [2.45, 2.75) is 13.5 Å². The van der Waals surface area contributed by atoms with Gasteiger partial charge in [-0.05, 0) is 42.8 Å². The van der Waals surface area contributed by atoms with Crippen LogP contribution in [0.1, 0.15) is 22.8 Å². The van der Waals surface area contributed by atoms with Crippen LogP contribution in [0, 0.1) is 5.82 Å². The third kappa shape index (κ3) is 3.36. The summed E-state index contributed by atoms with van der Waals surface area (Å²) in [5.41, 5.74) is 2.12. The number of halogens is 2. The summed E-state index contributed by atoms with van der Waals surface area (Å²) < 4.78 is 13.3. The molecule has 104 valence electrons. The molecule has 0 bridgehead atoms. The van der Waals surface area contributed by atoms with Crippen molar-refractivity contribution in [1.82, 2.24) is 0 Å². The Morgan fingerprint density at radius 1 is 1.25 bits per heavy atom. The van der Waals surface area contributed by atoms with E-state index in [4.69, 9.17) is 11.6 Å². The second-order valence-electron chi connectivity index (χ2n) is 4.70. The molecule has 20 heavy (non-hydrogen) atoms. The number of rotatable bonds is 4. The van der Waals surface area contributed by atoms with Gasteiger partial charge in [-0.2, -0.15) is 0 Å². The first-order valence-corrected chi connectivity index (χ1v) is 6.61. The molecule has 0 unspecified atom stereocenters. The van der Waals surface area contributed by atoms with Crippen molar-refractivity contribution in [2.24, 2.45) is 0 Å². The van der Waals surface area contributed by atoms with Gasteiger partial charge in [0.2, 0.25) is 0 Å². The number of carbonyl (C=O) groups is 1. The van der Waals surface area contributed by atoms with E-state index >= 15 is 0 Å². The van der Waals surface area contributed by atoms with Crippen LogP contribution in [0.2, 0.25) is 5.02 Å². The number of ketones is 1. The van der Waals surface area contributed by atoms with Gasteiger partial charge in [-0.1, -0.05) is 23.7 Å². The van der Waals surface area contributed by atoms with Crippen LogP contribution in [-0.2, 0) is 6.54 Å². The minimum absolute atomic E-state index is 0.155. The fourth-order valence-electron chi connectivity index (χ4n) is 2.12. The lowest BCUT2D eigenvalue weighted by atomic mass is 10.1. The molecule has 4 heteroatoms. The average molecular weight is 292 g/mol. The molecule has 0 saturated heterocycles. The zero-order valence-corrected chi connectivity index (χ0v) is 12.1. The number of benzene rings is 2. The summed E-state index contributed by atoms with van der Waals surface area (Å²) in [6.45, 7) is 2.03. The Hall–Kier alpha value is -1.87. The number of hydrogen-bond acceptors (Lipinski definition) is 2. The standard InChI is InChI=1S/C16H15ClFNO/c1-11(20)15-9-14(18)6-7-16(15)19(2)10-12-4-3-5-13(17)8-12/h3-9H,10H2,1-2H3. The van der Waals surface area contributed by atoms with Gasteiger partial charge in [-0.15, -0.1) is 0 Å². The number of anilines is 1. The van der Waals surface area contributed by atoms with Crippen molar-refractivity contribution < 1.29 is 9.18 Å². The van der Waals surface area contributed by atoms with Crippen LogP contribution in [-0.4, -0.2) is 12.8 Å². The van der Waals surface area contributed by atoms with Crippen molar-refractivity contribution in [3.8, 4) is 0 Å². The maximum absolute atomic E-state index is 13.3. The third-order valence-electron chi connectivity index (χ3n) is 3.06. The van der Waals surface area contributed by atoms with Crippen LogP contribution in [0.25, 0.3) is 0 Å². The summed E-state index contributed by atoms with van der Waals surface area (Å²) in [7, 11) is 1.86. The molecule has 0 atom stereocenters. The highest BCUT2D eigenvalue weighted by atomic mass is 35.5. The van der Waals surface area contributed by atoms with Crippen LogP contribution in [0.15, 0.2) is 42.5 Å². The van der Waals surface area contributed by atoms with Crippen molar-refractivity contribution in [3.05, 3.63) is 64.4 Å². The number of hydrogen-bond donors (Lipinski definition) is 0. The molecule has 0 amide bonds. The first kappa shape index (κ1) is 14.5. The molecule has 2 rings (SSSR count). The number of Topliss-reactive ketones (excluding diaryl/α,β-unsaturated/α-hetero) is 1. The maximum Gasteiger partial charge on any atom is 0.161 e. The molecular weight excluding hydrogens is 277 g/mol. The van der Waals surface area contributed by atoms with Gasteiger partial charge in [-0.25, -0.2) is 4.39 Å². The molecule has 0 aromatic heterocycles. The molecule has 0 aliphatic carbocycles. The highest BCUT2D eigenvalue weighted by Gasteiger charge is 2.12. The number of nitrogens with zero attached hydrogens (tertiary/aromatic N) is 1. The summed E-state index contributed by atoms with van der Waals surface area (Å²) in [6, 6.07) is 11.8. The first-order valence-electron chi connectivity index (χ1n) is 6.23. The monoisotopic (exact) mass is 291 g/mol. The minimum Gasteiger partial charge on any atom is -0.370 e. The second kappa shape index (κ2) is 6.06. The smallest absolute Gasteiger partial charge is 0.161 e. The van der Waals surface area contributed by atoms with E-state index in [1.54, 1.807) is 6.07 Å². The predicted octanol–water partition coefficient (Wildman–Crippen LogP) is 4.32. The van der Waals surface area contributed by atoms with E-state index < -0.39 is 5.82 Å². The van der Waals surface area contributed by atoms with Gasteiger partial charge in [0.15, 0.2) is 5.78 Å². The van der Waals surface area contributed by atoms with Crippen LogP contribution < -0.4 is 4.90 Å². The van der Waals surface area contributed by atoms with Crippen LogP contribution in [0.5, 0.6) is 0 Å². The maximum atomic E-state index is 13.3. The van der Waals surface area contributed by atoms with Gasteiger partial charge in [-0.3, -0.25) is 4.79 Å². The summed E-state index contributed by atoms with van der Waals surface area (Å²) >= 11 is 5.95. The fourth-order valence-corrected chi connectivity index (χ4v) is 2.33. The SMILES string of the molecule is CC(=O)c1cc(F)ccc1N(C)Cc1cccc(Cl)c1. The van der Waals surface area contributed by atoms with E-state index in [1.807, 2.05) is 36.2 Å². The molecule has 0 aliphatic rings. The van der Waals surface area contributed by atoms with Crippen molar-refractivity contribution in [3.63, 3.8) is 0 Å². The van der Waals surface area contributed by atoms with Crippen LogP contribution in [0.3, 0.4) is 0 Å². The lowest BCUT2D eigenvalue weighted by molar-refractivity contribution is 0.101. The molecule has 0 aliphatic heterocycles. The minimum atomic E-state index is -0.407. The van der Waals surface area contributed by atoms with Crippen molar-refractivity contribution in [1.29, 1.82) is 0 Å². The van der Waals surface area contributed by atoms with E-state index in [9.17, 15) is 9.18 Å². The van der Waals surface area contributed by atoms with E-state index in [0.717, 1.165) is 5.56 Å². The zero-order valence-electron chi connectivity index (χ0n) is 11.4. The van der Waals surface area contributed by atoms with Gasteiger partial charge < -0.3 is 4.90 Å². The normalized spacial score (nSPS) is 10.4. The molecule has 0 heterocycles. The molecule has 0 spiro atoms. The Labute approximate surface area is 122 Å². The van der Waals surface area contributed by atoms with Gasteiger partial charge in [0.25, 0.3) is 0 Å². The Morgan fingerprint density at radius 2 is 2.00 bits per heavy atom. The molecule has 2 aromatic rings. The third-order valence-corrected chi connectivity index (χ3v) is 3.29. The highest BCUT2D eigenvalue weighted by molar-refractivity contribution is 6.30. The summed E-state index contributed by atoms with van der Waals surface area (Å²) in [6.07, 6.45) is 0. The second-order valence-corrected chi connectivity index (χ2v) is 5.14. The molecule has 0 N–H and O–H groups in total. The van der Waals surface area contributed by atoms with Gasteiger partial charge in [0.05, 0.1) is 0 Å². The van der Waals surface area contributed by atoms with Crippen molar-refractivity contribution >= 4 is 23.1 Å². The van der Waals surface area contributed by atoms with E-state index in [0.29, 0.717) is 22.8 Å². The molecule has 2 nitrogen and oxygen atoms in total. The van der Waals surface area contributed by atoms with E-state index in [1.165, 1.54) is 19.1 Å². The Kier molecular flexibility index (Phi) is 4.40. The van der Waals surface area contributed by atoms with Crippen LogP contribution >= 0.6 is 11.6 Å². The summed E-state index contributed by atoms with van der Waals surface area (Å²) in [5, 5.41) is 0.668. The Morgan fingerprint density at radius 3 is 2.65 bits per heavy atom. The van der Waals surface area contributed by atoms with Crippen LogP contribution in [0.4, 0.5) is 10.1 Å². The lowest BCUT2D eigenvalue weighted by Gasteiger charge is -2.22. The Balaban J connectivity index is 2.29. The van der Waals surface area contributed by atoms with Gasteiger partial charge in [0.1, 0.15) is 5.82 Å².